The Labute approximate surface area is 117 Å². The Morgan fingerprint density at radius 3 is 2.95 bits per heavy atom. The van der Waals surface area contributed by atoms with Crippen molar-refractivity contribution in [3.8, 4) is 0 Å². The lowest BCUT2D eigenvalue weighted by molar-refractivity contribution is -0.122. The van der Waals surface area contributed by atoms with Gasteiger partial charge in [0.1, 0.15) is 0 Å². The van der Waals surface area contributed by atoms with E-state index in [9.17, 15) is 9.59 Å². The zero-order chi connectivity index (χ0) is 13.8. The third kappa shape index (κ3) is 3.93. The molecule has 1 fully saturated rings. The largest absolute Gasteiger partial charge is 0.353 e. The molecule has 19 heavy (non-hydrogen) atoms. The van der Waals surface area contributed by atoms with Gasteiger partial charge in [-0.1, -0.05) is 31.1 Å². The first-order chi connectivity index (χ1) is 9.06. The molecule has 0 radical (unpaired) electrons. The Kier molecular flexibility index (Phi) is 4.80. The molecule has 5 heteroatoms. The van der Waals surface area contributed by atoms with Gasteiger partial charge < -0.3 is 9.88 Å². The van der Waals surface area contributed by atoms with Crippen molar-refractivity contribution in [3.05, 3.63) is 20.7 Å². The van der Waals surface area contributed by atoms with Crippen molar-refractivity contribution in [2.75, 3.05) is 0 Å². The summed E-state index contributed by atoms with van der Waals surface area (Å²) in [6, 6.07) is 0.330. The number of aromatic nitrogens is 1. The van der Waals surface area contributed by atoms with Crippen molar-refractivity contribution in [1.82, 2.24) is 9.88 Å². The summed E-state index contributed by atoms with van der Waals surface area (Å²) in [6.45, 7) is 4.63. The minimum atomic E-state index is 0.0246. The van der Waals surface area contributed by atoms with Crippen LogP contribution in [0, 0.1) is 12.8 Å². The molecule has 1 amide bonds. The van der Waals surface area contributed by atoms with Gasteiger partial charge in [0, 0.05) is 30.1 Å². The van der Waals surface area contributed by atoms with Crippen LogP contribution >= 0.6 is 11.3 Å². The number of aryl methyl sites for hydroxylation is 1. The van der Waals surface area contributed by atoms with E-state index in [1.807, 2.05) is 12.3 Å². The standard InChI is InChI=1S/C14H22N2O2S/c1-10-4-3-5-12(8-10)15-13(17)6-7-16-11(2)9-19-14(16)18/h9-10,12H,3-8H2,1-2H3,(H,15,17). The number of carbonyl (C=O) groups is 1. The SMILES string of the molecule is Cc1csc(=O)n1CCC(=O)NC1CCCC(C)C1. The van der Waals surface area contributed by atoms with Gasteiger partial charge in [-0.25, -0.2) is 0 Å². The fourth-order valence-corrected chi connectivity index (χ4v) is 3.51. The molecular formula is C14H22N2O2S. The summed E-state index contributed by atoms with van der Waals surface area (Å²) in [4.78, 5) is 23.5. The summed E-state index contributed by atoms with van der Waals surface area (Å²) in [5.74, 6) is 0.775. The average molecular weight is 282 g/mol. The number of carbonyl (C=O) groups excluding carboxylic acids is 1. The number of amides is 1. The molecule has 106 valence electrons. The number of nitrogens with zero attached hydrogens (tertiary/aromatic N) is 1. The van der Waals surface area contributed by atoms with Crippen molar-refractivity contribution in [3.63, 3.8) is 0 Å². The van der Waals surface area contributed by atoms with Gasteiger partial charge in [0.05, 0.1) is 0 Å². The van der Waals surface area contributed by atoms with Crippen LogP contribution in [0.4, 0.5) is 0 Å². The quantitative estimate of drug-likeness (QED) is 0.921. The van der Waals surface area contributed by atoms with Crippen molar-refractivity contribution < 1.29 is 4.79 Å². The highest BCUT2D eigenvalue weighted by molar-refractivity contribution is 7.07. The van der Waals surface area contributed by atoms with Crippen LogP contribution in [-0.4, -0.2) is 16.5 Å². The van der Waals surface area contributed by atoms with Gasteiger partial charge in [0.25, 0.3) is 0 Å². The van der Waals surface area contributed by atoms with Gasteiger partial charge in [-0.3, -0.25) is 9.59 Å². The molecule has 4 nitrogen and oxygen atoms in total. The minimum absolute atomic E-state index is 0.0246. The molecule has 0 aromatic carbocycles. The molecule has 2 rings (SSSR count). The van der Waals surface area contributed by atoms with Crippen molar-refractivity contribution in [2.24, 2.45) is 5.92 Å². The molecule has 1 aliphatic rings. The second-order valence-corrected chi connectivity index (χ2v) is 6.40. The molecule has 2 unspecified atom stereocenters. The van der Waals surface area contributed by atoms with E-state index in [2.05, 4.69) is 12.2 Å². The van der Waals surface area contributed by atoms with E-state index < -0.39 is 0 Å². The summed E-state index contributed by atoms with van der Waals surface area (Å²) in [5.41, 5.74) is 0.939. The smallest absolute Gasteiger partial charge is 0.307 e. The molecular weight excluding hydrogens is 260 g/mol. The minimum Gasteiger partial charge on any atom is -0.353 e. The van der Waals surface area contributed by atoms with Crippen LogP contribution in [0.25, 0.3) is 0 Å². The number of hydrogen-bond donors (Lipinski definition) is 1. The van der Waals surface area contributed by atoms with Gasteiger partial charge in [0.15, 0.2) is 0 Å². The third-order valence-corrected chi connectivity index (χ3v) is 4.72. The van der Waals surface area contributed by atoms with Gasteiger partial charge in [-0.15, -0.1) is 0 Å². The molecule has 1 saturated carbocycles. The van der Waals surface area contributed by atoms with E-state index in [-0.39, 0.29) is 10.8 Å². The molecule has 1 N–H and O–H groups in total. The second-order valence-electron chi connectivity index (χ2n) is 5.58. The van der Waals surface area contributed by atoms with Gasteiger partial charge in [0.2, 0.25) is 5.91 Å². The summed E-state index contributed by atoms with van der Waals surface area (Å²) < 4.78 is 1.67. The predicted molar refractivity (Wildman–Crippen MR) is 77.5 cm³/mol. The fraction of sp³-hybridized carbons (Fsp3) is 0.714. The van der Waals surface area contributed by atoms with E-state index in [1.165, 1.54) is 24.2 Å². The maximum absolute atomic E-state index is 11.9. The maximum Gasteiger partial charge on any atom is 0.307 e. The lowest BCUT2D eigenvalue weighted by atomic mass is 9.87. The summed E-state index contributed by atoms with van der Waals surface area (Å²) in [6.07, 6.45) is 5.05. The molecule has 1 aromatic heterocycles. The van der Waals surface area contributed by atoms with Crippen LogP contribution in [0.5, 0.6) is 0 Å². The highest BCUT2D eigenvalue weighted by atomic mass is 32.1. The Morgan fingerprint density at radius 1 is 1.53 bits per heavy atom. The maximum atomic E-state index is 11.9. The number of rotatable bonds is 4. The molecule has 1 aliphatic carbocycles. The first-order valence-corrected chi connectivity index (χ1v) is 7.88. The normalized spacial score (nSPS) is 23.3. The number of hydrogen-bond acceptors (Lipinski definition) is 3. The second kappa shape index (κ2) is 6.37. The molecule has 0 saturated heterocycles. The van der Waals surface area contributed by atoms with E-state index in [0.29, 0.717) is 24.9 Å². The molecule has 1 aromatic rings. The Hall–Kier alpha value is -1.10. The molecule has 2 atom stereocenters. The van der Waals surface area contributed by atoms with Crippen LogP contribution in [-0.2, 0) is 11.3 Å². The van der Waals surface area contributed by atoms with E-state index in [4.69, 9.17) is 0 Å². The van der Waals surface area contributed by atoms with Crippen molar-refractivity contribution in [1.29, 1.82) is 0 Å². The van der Waals surface area contributed by atoms with Gasteiger partial charge in [-0.05, 0) is 25.7 Å². The van der Waals surface area contributed by atoms with Crippen LogP contribution < -0.4 is 10.2 Å². The summed E-state index contributed by atoms with van der Waals surface area (Å²) in [7, 11) is 0. The predicted octanol–water partition coefficient (Wildman–Crippen LogP) is 2.30. The highest BCUT2D eigenvalue weighted by Crippen LogP contribution is 2.23. The van der Waals surface area contributed by atoms with E-state index >= 15 is 0 Å². The summed E-state index contributed by atoms with van der Waals surface area (Å²) >= 11 is 1.19. The molecule has 0 bridgehead atoms. The highest BCUT2D eigenvalue weighted by Gasteiger charge is 2.20. The zero-order valence-electron chi connectivity index (χ0n) is 11.6. The third-order valence-electron chi connectivity index (χ3n) is 3.84. The lowest BCUT2D eigenvalue weighted by Crippen LogP contribution is -2.38. The van der Waals surface area contributed by atoms with Crippen LogP contribution in [0.3, 0.4) is 0 Å². The Balaban J connectivity index is 1.80. The lowest BCUT2D eigenvalue weighted by Gasteiger charge is -2.27. The number of thiazole rings is 1. The number of nitrogens with one attached hydrogen (secondary N) is 1. The Morgan fingerprint density at radius 2 is 2.32 bits per heavy atom. The van der Waals surface area contributed by atoms with Crippen LogP contribution in [0.2, 0.25) is 0 Å². The monoisotopic (exact) mass is 282 g/mol. The van der Waals surface area contributed by atoms with Crippen molar-refractivity contribution >= 4 is 17.2 Å². The summed E-state index contributed by atoms with van der Waals surface area (Å²) in [5, 5.41) is 4.94. The molecule has 0 spiro atoms. The van der Waals surface area contributed by atoms with E-state index in [1.54, 1.807) is 4.57 Å². The van der Waals surface area contributed by atoms with E-state index in [0.717, 1.165) is 18.5 Å². The molecule has 0 aliphatic heterocycles. The van der Waals surface area contributed by atoms with Crippen molar-refractivity contribution in [2.45, 2.75) is 58.5 Å². The molecule has 1 heterocycles. The van der Waals surface area contributed by atoms with Gasteiger partial charge in [-0.2, -0.15) is 0 Å². The first-order valence-electron chi connectivity index (χ1n) is 7.00. The van der Waals surface area contributed by atoms with Crippen LogP contribution in [0.15, 0.2) is 10.2 Å². The first kappa shape index (κ1) is 14.3. The fourth-order valence-electron chi connectivity index (χ4n) is 2.75. The Bertz CT molecular complexity index is 492. The average Bonchev–Trinajstić information content (AvgIpc) is 2.67. The zero-order valence-corrected chi connectivity index (χ0v) is 12.5. The topological polar surface area (TPSA) is 51.1 Å². The van der Waals surface area contributed by atoms with Crippen LogP contribution in [0.1, 0.15) is 44.7 Å². The van der Waals surface area contributed by atoms with Gasteiger partial charge >= 0.3 is 4.87 Å².